The van der Waals surface area contributed by atoms with E-state index in [4.69, 9.17) is 9.47 Å². The second kappa shape index (κ2) is 2.79. The molecule has 3 nitrogen and oxygen atoms in total. The molecule has 0 bridgehead atoms. The molecule has 0 saturated heterocycles. The zero-order valence-corrected chi connectivity index (χ0v) is 7.17. The molecule has 1 aromatic carbocycles. The highest BCUT2D eigenvalue weighted by atomic mass is 32.1. The molecule has 0 saturated carbocycles. The Labute approximate surface area is 75.3 Å². The number of ether oxygens (including phenoxy) is 2. The van der Waals surface area contributed by atoms with Crippen LogP contribution in [0.1, 0.15) is 0 Å². The molecule has 64 valence electrons. The minimum Gasteiger partial charge on any atom is -0.504 e. The highest BCUT2D eigenvalue weighted by molar-refractivity contribution is 7.80. The van der Waals surface area contributed by atoms with Crippen molar-refractivity contribution in [2.45, 2.75) is 4.90 Å². The van der Waals surface area contributed by atoms with Crippen LogP contribution in [-0.4, -0.2) is 18.3 Å². The van der Waals surface area contributed by atoms with Crippen molar-refractivity contribution in [1.29, 1.82) is 0 Å². The molecular formula is C8H8O3S. The lowest BCUT2D eigenvalue weighted by Gasteiger charge is -2.19. The molecule has 0 fully saturated rings. The molecule has 0 amide bonds. The number of benzene rings is 1. The first-order chi connectivity index (χ1) is 5.77. The van der Waals surface area contributed by atoms with Gasteiger partial charge in [-0.3, -0.25) is 0 Å². The molecule has 1 heterocycles. The van der Waals surface area contributed by atoms with Crippen molar-refractivity contribution >= 4 is 12.6 Å². The Balaban J connectivity index is 2.53. The van der Waals surface area contributed by atoms with E-state index in [9.17, 15) is 5.11 Å². The summed E-state index contributed by atoms with van der Waals surface area (Å²) in [5, 5.41) is 9.38. The van der Waals surface area contributed by atoms with Crippen molar-refractivity contribution in [2.24, 2.45) is 0 Å². The van der Waals surface area contributed by atoms with Crippen molar-refractivity contribution < 1.29 is 14.6 Å². The summed E-state index contributed by atoms with van der Waals surface area (Å²) in [4.78, 5) is 0.664. The molecule has 1 aromatic rings. The van der Waals surface area contributed by atoms with Crippen molar-refractivity contribution in [1.82, 2.24) is 0 Å². The van der Waals surface area contributed by atoms with Gasteiger partial charge in [-0.15, -0.1) is 12.6 Å². The number of thiol groups is 1. The van der Waals surface area contributed by atoms with Crippen LogP contribution in [0.15, 0.2) is 17.0 Å². The average molecular weight is 184 g/mol. The van der Waals surface area contributed by atoms with E-state index in [1.807, 2.05) is 0 Å². The summed E-state index contributed by atoms with van der Waals surface area (Å²) in [6, 6.07) is 3.24. The number of aromatic hydroxyl groups is 1. The molecule has 0 radical (unpaired) electrons. The maximum atomic E-state index is 9.38. The molecule has 0 aromatic heterocycles. The minimum atomic E-state index is 0.0807. The van der Waals surface area contributed by atoms with Gasteiger partial charge in [0, 0.05) is 4.90 Å². The molecule has 0 spiro atoms. The van der Waals surface area contributed by atoms with Gasteiger partial charge < -0.3 is 14.6 Å². The highest BCUT2D eigenvalue weighted by Crippen LogP contribution is 2.40. The van der Waals surface area contributed by atoms with Gasteiger partial charge in [-0.2, -0.15) is 0 Å². The number of phenols is 1. The van der Waals surface area contributed by atoms with Crippen LogP contribution in [0.2, 0.25) is 0 Å². The van der Waals surface area contributed by atoms with Crippen molar-refractivity contribution in [3.05, 3.63) is 12.1 Å². The number of hydrogen-bond donors (Lipinski definition) is 2. The maximum absolute atomic E-state index is 9.38. The predicted octanol–water partition coefficient (Wildman–Crippen LogP) is 1.45. The fourth-order valence-corrected chi connectivity index (χ4v) is 1.36. The fourth-order valence-electron chi connectivity index (χ4n) is 1.12. The molecule has 1 aliphatic rings. The van der Waals surface area contributed by atoms with Crippen LogP contribution < -0.4 is 9.47 Å². The minimum absolute atomic E-state index is 0.0807. The number of fused-ring (bicyclic) bond motifs is 1. The lowest BCUT2D eigenvalue weighted by Crippen LogP contribution is -2.15. The van der Waals surface area contributed by atoms with Gasteiger partial charge in [-0.25, -0.2) is 0 Å². The Kier molecular flexibility index (Phi) is 1.77. The third-order valence-corrected chi connectivity index (χ3v) is 1.87. The average Bonchev–Trinajstić information content (AvgIpc) is 2.04. The van der Waals surface area contributed by atoms with E-state index >= 15 is 0 Å². The summed E-state index contributed by atoms with van der Waals surface area (Å²) in [5.41, 5.74) is 0. The van der Waals surface area contributed by atoms with E-state index in [0.717, 1.165) is 0 Å². The summed E-state index contributed by atoms with van der Waals surface area (Å²) < 4.78 is 10.5. The van der Waals surface area contributed by atoms with Gasteiger partial charge in [-0.05, 0) is 12.1 Å². The van der Waals surface area contributed by atoms with Crippen LogP contribution in [-0.2, 0) is 0 Å². The molecule has 12 heavy (non-hydrogen) atoms. The van der Waals surface area contributed by atoms with Crippen molar-refractivity contribution in [2.75, 3.05) is 13.2 Å². The zero-order valence-electron chi connectivity index (χ0n) is 6.28. The van der Waals surface area contributed by atoms with Crippen molar-refractivity contribution in [3.63, 3.8) is 0 Å². The van der Waals surface area contributed by atoms with Crippen LogP contribution in [0.3, 0.4) is 0 Å². The Bertz CT molecular complexity index is 311. The SMILES string of the molecule is Oc1cc(S)cc2c1OCCO2. The molecule has 1 N–H and O–H groups in total. The Hall–Kier alpha value is -1.03. The highest BCUT2D eigenvalue weighted by Gasteiger charge is 2.15. The summed E-state index contributed by atoms with van der Waals surface area (Å²) in [6.45, 7) is 0.996. The monoisotopic (exact) mass is 184 g/mol. The fraction of sp³-hybridized carbons (Fsp3) is 0.250. The normalized spacial score (nSPS) is 14.4. The molecule has 2 rings (SSSR count). The van der Waals surface area contributed by atoms with E-state index < -0.39 is 0 Å². The van der Waals surface area contributed by atoms with E-state index in [1.165, 1.54) is 6.07 Å². The van der Waals surface area contributed by atoms with Crippen molar-refractivity contribution in [3.8, 4) is 17.2 Å². The smallest absolute Gasteiger partial charge is 0.203 e. The largest absolute Gasteiger partial charge is 0.504 e. The van der Waals surface area contributed by atoms with Gasteiger partial charge in [-0.1, -0.05) is 0 Å². The number of phenolic OH excluding ortho intramolecular Hbond substituents is 1. The van der Waals surface area contributed by atoms with Crippen LogP contribution in [0.5, 0.6) is 17.2 Å². The number of rotatable bonds is 0. The standard InChI is InChI=1S/C8H8O3S/c9-6-3-5(12)4-7-8(6)11-2-1-10-7/h3-4,9,12H,1-2H2. The quantitative estimate of drug-likeness (QED) is 0.599. The second-order valence-corrected chi connectivity index (χ2v) is 3.01. The lowest BCUT2D eigenvalue weighted by molar-refractivity contribution is 0.165. The lowest BCUT2D eigenvalue weighted by atomic mass is 10.3. The molecule has 4 heteroatoms. The summed E-state index contributed by atoms with van der Waals surface area (Å²) >= 11 is 4.09. The third-order valence-electron chi connectivity index (χ3n) is 1.61. The van der Waals surface area contributed by atoms with Gasteiger partial charge in [0.05, 0.1) is 0 Å². The zero-order chi connectivity index (χ0) is 8.55. The van der Waals surface area contributed by atoms with Gasteiger partial charge in [0.15, 0.2) is 11.5 Å². The summed E-state index contributed by atoms with van der Waals surface area (Å²) in [5.74, 6) is 1.06. The van der Waals surface area contributed by atoms with Gasteiger partial charge >= 0.3 is 0 Å². The first-order valence-corrected chi connectivity index (χ1v) is 4.03. The summed E-state index contributed by atoms with van der Waals surface area (Å²) in [7, 11) is 0. The van der Waals surface area contributed by atoms with E-state index in [0.29, 0.717) is 29.6 Å². The van der Waals surface area contributed by atoms with Crippen LogP contribution in [0.4, 0.5) is 0 Å². The van der Waals surface area contributed by atoms with Gasteiger partial charge in [0.2, 0.25) is 5.75 Å². The van der Waals surface area contributed by atoms with Crippen LogP contribution >= 0.6 is 12.6 Å². The van der Waals surface area contributed by atoms with E-state index in [2.05, 4.69) is 12.6 Å². The molecule has 0 unspecified atom stereocenters. The first-order valence-electron chi connectivity index (χ1n) is 3.59. The van der Waals surface area contributed by atoms with Gasteiger partial charge in [0.25, 0.3) is 0 Å². The third kappa shape index (κ3) is 1.18. The second-order valence-electron chi connectivity index (χ2n) is 2.49. The number of hydrogen-bond acceptors (Lipinski definition) is 4. The maximum Gasteiger partial charge on any atom is 0.203 e. The predicted molar refractivity (Wildman–Crippen MR) is 46.3 cm³/mol. The first kappa shape index (κ1) is 7.61. The Morgan fingerprint density at radius 2 is 2.00 bits per heavy atom. The summed E-state index contributed by atoms with van der Waals surface area (Å²) in [6.07, 6.45) is 0. The van der Waals surface area contributed by atoms with Crippen LogP contribution in [0.25, 0.3) is 0 Å². The molecular weight excluding hydrogens is 176 g/mol. The Morgan fingerprint density at radius 3 is 2.83 bits per heavy atom. The molecule has 0 aliphatic carbocycles. The van der Waals surface area contributed by atoms with E-state index in [-0.39, 0.29) is 5.75 Å². The topological polar surface area (TPSA) is 38.7 Å². The molecule has 0 atom stereocenters. The molecule has 1 aliphatic heterocycles. The van der Waals surface area contributed by atoms with E-state index in [1.54, 1.807) is 6.07 Å². The van der Waals surface area contributed by atoms with Crippen LogP contribution in [0, 0.1) is 0 Å². The Morgan fingerprint density at radius 1 is 1.25 bits per heavy atom. The van der Waals surface area contributed by atoms with Gasteiger partial charge in [0.1, 0.15) is 13.2 Å².